The number of halogens is 2. The number of benzene rings is 2. The van der Waals surface area contributed by atoms with Gasteiger partial charge in [0.1, 0.15) is 6.26 Å². The van der Waals surface area contributed by atoms with E-state index in [1.54, 1.807) is 6.26 Å². The van der Waals surface area contributed by atoms with E-state index in [9.17, 15) is 8.78 Å². The molecule has 1 aliphatic rings. The van der Waals surface area contributed by atoms with Crippen LogP contribution in [0.5, 0.6) is 0 Å². The molecule has 1 fully saturated rings. The molecule has 1 aromatic heterocycles. The lowest BCUT2D eigenvalue weighted by molar-refractivity contribution is 0.312. The summed E-state index contributed by atoms with van der Waals surface area (Å²) in [7, 11) is 0. The topological polar surface area (TPSA) is 55.3 Å². The first kappa shape index (κ1) is 17.8. The summed E-state index contributed by atoms with van der Waals surface area (Å²) in [5.41, 5.74) is 8.48. The molecule has 1 saturated heterocycles. The number of hydrogen-bond donors (Lipinski definition) is 1. The molecule has 0 unspecified atom stereocenters. The standard InChI is InChI=1S/C21H21F2N3O/c22-19-7-6-15(8-20(19)23)21-25-17(13-27-21)11-26-10-16(9-24)18(12-26)14-4-2-1-3-5-14/h1-8,13,16,18H,9-12,24H2/t16-,18+/m1/s1. The third-order valence-electron chi connectivity index (χ3n) is 5.15. The highest BCUT2D eigenvalue weighted by Crippen LogP contribution is 2.33. The van der Waals surface area contributed by atoms with Gasteiger partial charge in [0.15, 0.2) is 11.6 Å². The minimum Gasteiger partial charge on any atom is -0.444 e. The van der Waals surface area contributed by atoms with Gasteiger partial charge < -0.3 is 10.2 Å². The molecule has 4 rings (SSSR count). The molecule has 3 aromatic rings. The molecule has 0 aliphatic carbocycles. The second kappa shape index (κ2) is 7.58. The molecule has 6 heteroatoms. The lowest BCUT2D eigenvalue weighted by atomic mass is 9.89. The van der Waals surface area contributed by atoms with Crippen LogP contribution in [0.3, 0.4) is 0 Å². The smallest absolute Gasteiger partial charge is 0.226 e. The fourth-order valence-electron chi connectivity index (χ4n) is 3.78. The Hall–Kier alpha value is -2.57. The van der Waals surface area contributed by atoms with Gasteiger partial charge in [-0.25, -0.2) is 13.8 Å². The van der Waals surface area contributed by atoms with E-state index in [0.29, 0.717) is 30.5 Å². The molecule has 2 aromatic carbocycles. The van der Waals surface area contributed by atoms with E-state index < -0.39 is 11.6 Å². The first-order chi connectivity index (χ1) is 13.1. The summed E-state index contributed by atoms with van der Waals surface area (Å²) in [4.78, 5) is 6.74. The molecule has 140 valence electrons. The number of nitrogens with zero attached hydrogens (tertiary/aromatic N) is 2. The molecule has 27 heavy (non-hydrogen) atoms. The third-order valence-corrected chi connectivity index (χ3v) is 5.15. The van der Waals surface area contributed by atoms with E-state index in [-0.39, 0.29) is 5.89 Å². The molecule has 2 atom stereocenters. The normalized spacial score (nSPS) is 20.3. The van der Waals surface area contributed by atoms with E-state index in [0.717, 1.165) is 30.9 Å². The minimum absolute atomic E-state index is 0.290. The van der Waals surface area contributed by atoms with Crippen LogP contribution < -0.4 is 5.73 Å². The van der Waals surface area contributed by atoms with Crippen LogP contribution >= 0.6 is 0 Å². The second-order valence-electron chi connectivity index (χ2n) is 6.98. The Morgan fingerprint density at radius 3 is 2.63 bits per heavy atom. The average molecular weight is 369 g/mol. The SMILES string of the molecule is NC[C@@H]1CN(Cc2coc(-c3ccc(F)c(F)c3)n2)C[C@H]1c1ccccc1. The Labute approximate surface area is 156 Å². The van der Waals surface area contributed by atoms with Gasteiger partial charge in [0.2, 0.25) is 5.89 Å². The van der Waals surface area contributed by atoms with Crippen LogP contribution in [0.15, 0.2) is 59.2 Å². The first-order valence-electron chi connectivity index (χ1n) is 9.01. The molecular formula is C21H21F2N3O. The maximum absolute atomic E-state index is 13.4. The van der Waals surface area contributed by atoms with E-state index in [1.165, 1.54) is 11.6 Å². The zero-order valence-corrected chi connectivity index (χ0v) is 14.8. The van der Waals surface area contributed by atoms with Crippen LogP contribution in [0.4, 0.5) is 8.78 Å². The zero-order chi connectivity index (χ0) is 18.8. The monoisotopic (exact) mass is 369 g/mol. The Morgan fingerprint density at radius 1 is 1.07 bits per heavy atom. The van der Waals surface area contributed by atoms with E-state index in [2.05, 4.69) is 34.1 Å². The van der Waals surface area contributed by atoms with Crippen LogP contribution in [0.2, 0.25) is 0 Å². The van der Waals surface area contributed by atoms with Crippen LogP contribution in [0.1, 0.15) is 17.2 Å². The summed E-state index contributed by atoms with van der Waals surface area (Å²) in [5.74, 6) is -0.720. The number of aromatic nitrogens is 1. The molecule has 1 aliphatic heterocycles. The van der Waals surface area contributed by atoms with Crippen LogP contribution in [0.25, 0.3) is 11.5 Å². The quantitative estimate of drug-likeness (QED) is 0.743. The van der Waals surface area contributed by atoms with Crippen molar-refractivity contribution in [2.75, 3.05) is 19.6 Å². The maximum Gasteiger partial charge on any atom is 0.226 e. The van der Waals surface area contributed by atoms with E-state index in [1.807, 2.05) is 6.07 Å². The van der Waals surface area contributed by atoms with Crippen molar-refractivity contribution in [3.63, 3.8) is 0 Å². The fourth-order valence-corrected chi connectivity index (χ4v) is 3.78. The molecule has 0 amide bonds. The van der Waals surface area contributed by atoms with Crippen molar-refractivity contribution in [2.45, 2.75) is 12.5 Å². The van der Waals surface area contributed by atoms with Gasteiger partial charge >= 0.3 is 0 Å². The van der Waals surface area contributed by atoms with Gasteiger partial charge in [-0.2, -0.15) is 0 Å². The molecule has 0 bridgehead atoms. The van der Waals surface area contributed by atoms with Crippen molar-refractivity contribution in [1.82, 2.24) is 9.88 Å². The number of oxazole rings is 1. The fraction of sp³-hybridized carbons (Fsp3) is 0.286. The van der Waals surface area contributed by atoms with Crippen molar-refractivity contribution in [3.8, 4) is 11.5 Å². The third kappa shape index (κ3) is 3.77. The van der Waals surface area contributed by atoms with Gasteiger partial charge in [-0.05, 0) is 36.2 Å². The Balaban J connectivity index is 1.47. The highest BCUT2D eigenvalue weighted by atomic mass is 19.2. The summed E-state index contributed by atoms with van der Waals surface area (Å²) >= 11 is 0. The number of nitrogens with two attached hydrogens (primary N) is 1. The number of rotatable bonds is 5. The van der Waals surface area contributed by atoms with E-state index >= 15 is 0 Å². The van der Waals surface area contributed by atoms with Gasteiger partial charge in [0.25, 0.3) is 0 Å². The predicted octanol–water partition coefficient (Wildman–Crippen LogP) is 3.79. The average Bonchev–Trinajstić information content (AvgIpc) is 3.32. The largest absolute Gasteiger partial charge is 0.444 e. The number of hydrogen-bond acceptors (Lipinski definition) is 4. The first-order valence-corrected chi connectivity index (χ1v) is 9.01. The van der Waals surface area contributed by atoms with Gasteiger partial charge in [-0.1, -0.05) is 30.3 Å². The predicted molar refractivity (Wildman–Crippen MR) is 98.9 cm³/mol. The molecule has 0 spiro atoms. The highest BCUT2D eigenvalue weighted by molar-refractivity contribution is 5.53. The van der Waals surface area contributed by atoms with Crippen molar-refractivity contribution in [1.29, 1.82) is 0 Å². The molecule has 0 radical (unpaired) electrons. The van der Waals surface area contributed by atoms with Gasteiger partial charge in [-0.3, -0.25) is 4.90 Å². The summed E-state index contributed by atoms with van der Waals surface area (Å²) in [6, 6.07) is 14.0. The Bertz CT molecular complexity index is 913. The minimum atomic E-state index is -0.914. The van der Waals surface area contributed by atoms with Gasteiger partial charge in [0.05, 0.1) is 5.69 Å². The van der Waals surface area contributed by atoms with Crippen LogP contribution in [-0.4, -0.2) is 29.5 Å². The summed E-state index contributed by atoms with van der Waals surface area (Å²) < 4.78 is 32.0. The van der Waals surface area contributed by atoms with Gasteiger partial charge in [0, 0.05) is 31.1 Å². The molecule has 4 nitrogen and oxygen atoms in total. The summed E-state index contributed by atoms with van der Waals surface area (Å²) in [5, 5.41) is 0. The van der Waals surface area contributed by atoms with Crippen molar-refractivity contribution >= 4 is 0 Å². The van der Waals surface area contributed by atoms with Crippen molar-refractivity contribution in [2.24, 2.45) is 11.7 Å². The lowest BCUT2D eigenvalue weighted by Crippen LogP contribution is -2.23. The van der Waals surface area contributed by atoms with Crippen LogP contribution in [-0.2, 0) is 6.54 Å². The van der Waals surface area contributed by atoms with Gasteiger partial charge in [-0.15, -0.1) is 0 Å². The van der Waals surface area contributed by atoms with Crippen LogP contribution in [0, 0.1) is 17.6 Å². The Morgan fingerprint density at radius 2 is 1.89 bits per heavy atom. The maximum atomic E-state index is 13.4. The Kier molecular flexibility index (Phi) is 5.01. The number of likely N-dealkylation sites (tertiary alicyclic amines) is 1. The highest BCUT2D eigenvalue weighted by Gasteiger charge is 2.33. The van der Waals surface area contributed by atoms with Crippen molar-refractivity contribution in [3.05, 3.63) is 77.7 Å². The lowest BCUT2D eigenvalue weighted by Gasteiger charge is -2.16. The zero-order valence-electron chi connectivity index (χ0n) is 14.8. The van der Waals surface area contributed by atoms with E-state index in [4.69, 9.17) is 10.2 Å². The van der Waals surface area contributed by atoms with Crippen molar-refractivity contribution < 1.29 is 13.2 Å². The molecule has 2 N–H and O–H groups in total. The summed E-state index contributed by atoms with van der Waals surface area (Å²) in [6.45, 7) is 3.06. The molecule has 2 heterocycles. The molecular weight excluding hydrogens is 348 g/mol. The second-order valence-corrected chi connectivity index (χ2v) is 6.98. The molecule has 0 saturated carbocycles. The summed E-state index contributed by atoms with van der Waals surface area (Å²) in [6.07, 6.45) is 1.57.